The van der Waals surface area contributed by atoms with Gasteiger partial charge in [-0.3, -0.25) is 4.79 Å². The number of ketones is 1. The van der Waals surface area contributed by atoms with Crippen LogP contribution in [0, 0.1) is 0 Å². The lowest BCUT2D eigenvalue weighted by atomic mass is 9.81. The molecule has 0 bridgehead atoms. The Kier molecular flexibility index (Phi) is 3.60. The maximum atomic E-state index is 13.6. The van der Waals surface area contributed by atoms with Crippen molar-refractivity contribution < 1.29 is 33.2 Å². The van der Waals surface area contributed by atoms with Crippen LogP contribution in [0.2, 0.25) is 0 Å². The molecule has 1 saturated heterocycles. The van der Waals surface area contributed by atoms with Crippen LogP contribution in [0.3, 0.4) is 0 Å². The molecule has 0 spiro atoms. The monoisotopic (exact) mass is 410 g/mol. The van der Waals surface area contributed by atoms with Crippen LogP contribution < -0.4 is 23.7 Å². The molecule has 2 aromatic rings. The van der Waals surface area contributed by atoms with E-state index in [1.165, 1.54) is 0 Å². The van der Waals surface area contributed by atoms with E-state index < -0.39 is 12.0 Å². The van der Waals surface area contributed by atoms with Gasteiger partial charge in [-0.05, 0) is 25.1 Å². The molecule has 0 aromatic heterocycles. The minimum atomic E-state index is -0.457. The number of benzene rings is 2. The van der Waals surface area contributed by atoms with Crippen molar-refractivity contribution >= 4 is 5.78 Å². The molecule has 0 aliphatic carbocycles. The summed E-state index contributed by atoms with van der Waals surface area (Å²) in [5, 5.41) is 0. The smallest absolute Gasteiger partial charge is 0.178 e. The van der Waals surface area contributed by atoms with Crippen LogP contribution in [-0.4, -0.2) is 51.0 Å². The second kappa shape index (κ2) is 6.04. The van der Waals surface area contributed by atoms with E-state index in [0.717, 1.165) is 16.9 Å². The topological polar surface area (TPSA) is 75.8 Å². The third-order valence-corrected chi connectivity index (χ3v) is 6.60. The molecule has 2 aromatic carbocycles. The van der Waals surface area contributed by atoms with Crippen LogP contribution in [0.15, 0.2) is 24.3 Å². The molecule has 0 radical (unpaired) electrons. The normalized spacial score (nSPS) is 30.0. The number of hydrogen-bond acceptors (Lipinski definition) is 7. The van der Waals surface area contributed by atoms with E-state index in [1.807, 2.05) is 19.1 Å². The second-order valence-corrected chi connectivity index (χ2v) is 8.39. The van der Waals surface area contributed by atoms with Gasteiger partial charge in [-0.15, -0.1) is 0 Å². The highest BCUT2D eigenvalue weighted by atomic mass is 16.6. The van der Waals surface area contributed by atoms with E-state index in [-0.39, 0.29) is 24.1 Å². The number of carbonyl (C=O) groups excluding carboxylic acids is 1. The van der Waals surface area contributed by atoms with Crippen LogP contribution in [-0.2, 0) is 11.2 Å². The van der Waals surface area contributed by atoms with Crippen LogP contribution in [0.25, 0.3) is 0 Å². The van der Waals surface area contributed by atoms with Crippen LogP contribution in [0.4, 0.5) is 0 Å². The van der Waals surface area contributed by atoms with Crippen molar-refractivity contribution in [2.45, 2.75) is 37.1 Å². The molecule has 4 aliphatic heterocycles. The van der Waals surface area contributed by atoms with E-state index in [0.29, 0.717) is 41.6 Å². The highest BCUT2D eigenvalue weighted by molar-refractivity contribution is 6.06. The van der Waals surface area contributed by atoms with Crippen molar-refractivity contribution in [3.8, 4) is 28.7 Å². The van der Waals surface area contributed by atoms with E-state index in [9.17, 15) is 4.79 Å². The fourth-order valence-corrected chi connectivity index (χ4v) is 4.71. The molecule has 0 N–H and O–H groups in total. The minimum Gasteiger partial charge on any atom is -0.493 e. The molecule has 6 rings (SSSR count). The number of fused-ring (bicyclic) bond motifs is 6. The summed E-state index contributed by atoms with van der Waals surface area (Å²) in [7, 11) is 3.15. The molecule has 0 amide bonds. The second-order valence-electron chi connectivity index (χ2n) is 8.39. The fourth-order valence-electron chi connectivity index (χ4n) is 4.71. The van der Waals surface area contributed by atoms with Gasteiger partial charge in [0, 0.05) is 23.6 Å². The van der Waals surface area contributed by atoms with E-state index in [4.69, 9.17) is 28.4 Å². The molecular formula is C23H22O7. The summed E-state index contributed by atoms with van der Waals surface area (Å²) in [6.45, 7) is 3.02. The van der Waals surface area contributed by atoms with Gasteiger partial charge in [0.1, 0.15) is 41.7 Å². The van der Waals surface area contributed by atoms with Gasteiger partial charge in [-0.1, -0.05) is 0 Å². The van der Waals surface area contributed by atoms with E-state index in [1.54, 1.807) is 26.4 Å². The summed E-state index contributed by atoms with van der Waals surface area (Å²) in [5.74, 6) is 2.71. The quantitative estimate of drug-likeness (QED) is 0.720. The van der Waals surface area contributed by atoms with Crippen molar-refractivity contribution in [2.75, 3.05) is 27.4 Å². The number of Topliss-reactive ketones (excluding diaryl/α,β-unsaturated/α-hetero) is 1. The van der Waals surface area contributed by atoms with Crippen LogP contribution >= 0.6 is 0 Å². The zero-order chi connectivity index (χ0) is 20.6. The lowest BCUT2D eigenvalue weighted by molar-refractivity contribution is 0.0554. The summed E-state index contributed by atoms with van der Waals surface area (Å²) in [6.07, 6.45) is 0.201. The van der Waals surface area contributed by atoms with Crippen molar-refractivity contribution in [3.05, 3.63) is 41.0 Å². The summed E-state index contributed by atoms with van der Waals surface area (Å²) >= 11 is 0. The van der Waals surface area contributed by atoms with Crippen LogP contribution in [0.5, 0.6) is 28.7 Å². The van der Waals surface area contributed by atoms with Gasteiger partial charge in [0.15, 0.2) is 17.3 Å². The first kappa shape index (κ1) is 17.9. The lowest BCUT2D eigenvalue weighted by Crippen LogP contribution is -2.43. The number of carbonyl (C=O) groups is 1. The lowest BCUT2D eigenvalue weighted by Gasteiger charge is -2.37. The van der Waals surface area contributed by atoms with Gasteiger partial charge in [-0.2, -0.15) is 0 Å². The zero-order valence-corrected chi connectivity index (χ0v) is 17.0. The van der Waals surface area contributed by atoms with Crippen molar-refractivity contribution in [1.29, 1.82) is 0 Å². The summed E-state index contributed by atoms with van der Waals surface area (Å²) in [6, 6.07) is 7.26. The maximum absolute atomic E-state index is 13.6. The molecule has 4 heterocycles. The Morgan fingerprint density at radius 3 is 2.57 bits per heavy atom. The standard InChI is InChI=1S/C23H22O7/c1-23(10-28-23)19-7-13-14(29-19)5-4-11-21(24)20-12-6-16(25-2)17(26-3)8-15(12)27-9-18(20)30-22(11)13/h4-6,8,18-20H,7,9-10H2,1-3H3/t18-,19-,20+,23?/m1/s1. The zero-order valence-electron chi connectivity index (χ0n) is 17.0. The van der Waals surface area contributed by atoms with Crippen LogP contribution in [0.1, 0.15) is 34.3 Å². The fraction of sp³-hybridized carbons (Fsp3) is 0.435. The molecular weight excluding hydrogens is 388 g/mol. The number of epoxide rings is 1. The predicted molar refractivity (Wildman–Crippen MR) is 105 cm³/mol. The highest BCUT2D eigenvalue weighted by Crippen LogP contribution is 2.51. The van der Waals surface area contributed by atoms with E-state index in [2.05, 4.69) is 0 Å². The van der Waals surface area contributed by atoms with Crippen molar-refractivity contribution in [2.24, 2.45) is 0 Å². The molecule has 4 aliphatic rings. The number of hydrogen-bond donors (Lipinski definition) is 0. The largest absolute Gasteiger partial charge is 0.493 e. The number of rotatable bonds is 3. The molecule has 156 valence electrons. The average Bonchev–Trinajstić information content (AvgIpc) is 3.35. The Morgan fingerprint density at radius 2 is 1.83 bits per heavy atom. The van der Waals surface area contributed by atoms with Gasteiger partial charge >= 0.3 is 0 Å². The van der Waals surface area contributed by atoms with Gasteiger partial charge in [0.2, 0.25) is 0 Å². The first-order valence-corrected chi connectivity index (χ1v) is 10.1. The summed E-state index contributed by atoms with van der Waals surface area (Å²) in [5.41, 5.74) is 2.03. The van der Waals surface area contributed by atoms with Gasteiger partial charge in [0.25, 0.3) is 0 Å². The maximum Gasteiger partial charge on any atom is 0.178 e. The molecule has 7 heteroatoms. The predicted octanol–water partition coefficient (Wildman–Crippen LogP) is 2.92. The molecule has 1 unspecified atom stereocenters. The van der Waals surface area contributed by atoms with Crippen molar-refractivity contribution in [1.82, 2.24) is 0 Å². The Balaban J connectivity index is 1.41. The molecule has 30 heavy (non-hydrogen) atoms. The van der Waals surface area contributed by atoms with Crippen molar-refractivity contribution in [3.63, 3.8) is 0 Å². The molecule has 1 fully saturated rings. The third-order valence-electron chi connectivity index (χ3n) is 6.60. The third kappa shape index (κ3) is 2.38. The molecule has 7 nitrogen and oxygen atoms in total. The Hall–Kier alpha value is -2.93. The van der Waals surface area contributed by atoms with E-state index >= 15 is 0 Å². The number of methoxy groups -OCH3 is 2. The molecule has 0 saturated carbocycles. The van der Waals surface area contributed by atoms with Gasteiger partial charge < -0.3 is 28.4 Å². The van der Waals surface area contributed by atoms with Gasteiger partial charge in [-0.25, -0.2) is 0 Å². The first-order chi connectivity index (χ1) is 14.5. The minimum absolute atomic E-state index is 0.0261. The SMILES string of the molecule is COc1cc2c(cc1OC)[C@@H]1C(=O)c3ccc4c(c3O[C@@H]1CO2)C[C@H](C1(C)CO1)O4. The summed E-state index contributed by atoms with van der Waals surface area (Å²) < 4.78 is 34.8. The van der Waals surface area contributed by atoms with Gasteiger partial charge in [0.05, 0.1) is 32.3 Å². The Bertz CT molecular complexity index is 1070. The number of ether oxygens (including phenoxy) is 6. The highest BCUT2D eigenvalue weighted by Gasteiger charge is 2.53. The average molecular weight is 410 g/mol. The Morgan fingerprint density at radius 1 is 1.07 bits per heavy atom. The first-order valence-electron chi connectivity index (χ1n) is 10.1. The summed E-state index contributed by atoms with van der Waals surface area (Å²) in [4.78, 5) is 13.6. The Labute approximate surface area is 173 Å². The molecule has 4 atom stereocenters.